The fraction of sp³-hybridized carbons (Fsp3) is 0.737. The number of carbonyl (C=O) groups is 5. The van der Waals surface area contributed by atoms with Gasteiger partial charge in [-0.25, -0.2) is 4.79 Å². The van der Waals surface area contributed by atoms with Crippen molar-refractivity contribution in [3.63, 3.8) is 0 Å². The van der Waals surface area contributed by atoms with Crippen LogP contribution in [0.5, 0.6) is 0 Å². The SMILES string of the molecule is CC(NC(=O)C1CCCN1)C(=O)NC(CCC(=O)O)C(=O)NC(CCCCN)C(=O)O. The first-order valence-corrected chi connectivity index (χ1v) is 10.4. The van der Waals surface area contributed by atoms with E-state index in [-0.39, 0.29) is 24.8 Å². The van der Waals surface area contributed by atoms with Gasteiger partial charge in [-0.05, 0) is 58.5 Å². The van der Waals surface area contributed by atoms with E-state index in [1.165, 1.54) is 6.92 Å². The predicted octanol–water partition coefficient (Wildman–Crippen LogP) is -1.71. The molecule has 4 unspecified atom stereocenters. The number of carbonyl (C=O) groups excluding carboxylic acids is 3. The van der Waals surface area contributed by atoms with Crippen molar-refractivity contribution in [1.29, 1.82) is 0 Å². The Balaban J connectivity index is 2.72. The molecule has 0 spiro atoms. The molecule has 1 fully saturated rings. The molecule has 0 saturated carbocycles. The van der Waals surface area contributed by atoms with Gasteiger partial charge < -0.3 is 37.2 Å². The Morgan fingerprint density at radius 2 is 1.68 bits per heavy atom. The van der Waals surface area contributed by atoms with E-state index in [2.05, 4.69) is 21.3 Å². The summed E-state index contributed by atoms with van der Waals surface area (Å²) >= 11 is 0. The van der Waals surface area contributed by atoms with Gasteiger partial charge in [0.05, 0.1) is 6.04 Å². The van der Waals surface area contributed by atoms with Crippen molar-refractivity contribution in [2.24, 2.45) is 5.73 Å². The molecule has 0 aromatic rings. The second kappa shape index (κ2) is 13.5. The molecule has 1 heterocycles. The summed E-state index contributed by atoms with van der Waals surface area (Å²) in [5.41, 5.74) is 5.39. The molecule has 0 aromatic carbocycles. The highest BCUT2D eigenvalue weighted by atomic mass is 16.4. The Labute approximate surface area is 180 Å². The van der Waals surface area contributed by atoms with Gasteiger partial charge in [0, 0.05) is 6.42 Å². The van der Waals surface area contributed by atoms with Gasteiger partial charge in [-0.15, -0.1) is 0 Å². The Hall–Kier alpha value is -2.73. The van der Waals surface area contributed by atoms with E-state index in [9.17, 15) is 29.1 Å². The van der Waals surface area contributed by atoms with Crippen LogP contribution >= 0.6 is 0 Å². The maximum atomic E-state index is 12.6. The smallest absolute Gasteiger partial charge is 0.326 e. The van der Waals surface area contributed by atoms with Gasteiger partial charge in [0.15, 0.2) is 0 Å². The number of unbranched alkanes of at least 4 members (excludes halogenated alkanes) is 1. The number of aliphatic carboxylic acids is 2. The molecule has 1 aliphatic heterocycles. The van der Waals surface area contributed by atoms with Crippen LogP contribution in [-0.2, 0) is 24.0 Å². The van der Waals surface area contributed by atoms with Crippen LogP contribution in [0, 0.1) is 0 Å². The third kappa shape index (κ3) is 9.75. The normalized spacial score (nSPS) is 18.5. The molecule has 4 atom stereocenters. The van der Waals surface area contributed by atoms with Gasteiger partial charge in [0.2, 0.25) is 17.7 Å². The van der Waals surface area contributed by atoms with E-state index in [4.69, 9.17) is 10.8 Å². The average Bonchev–Trinajstić information content (AvgIpc) is 3.24. The summed E-state index contributed by atoms with van der Waals surface area (Å²) in [4.78, 5) is 59.6. The van der Waals surface area contributed by atoms with Gasteiger partial charge >= 0.3 is 11.9 Å². The van der Waals surface area contributed by atoms with Crippen molar-refractivity contribution < 1.29 is 34.2 Å². The van der Waals surface area contributed by atoms with E-state index < -0.39 is 48.3 Å². The second-order valence-electron chi connectivity index (χ2n) is 7.56. The molecule has 3 amide bonds. The number of carboxylic acids is 2. The molecule has 12 nitrogen and oxygen atoms in total. The number of hydrogen-bond donors (Lipinski definition) is 7. The minimum Gasteiger partial charge on any atom is -0.481 e. The average molecular weight is 444 g/mol. The lowest BCUT2D eigenvalue weighted by Crippen LogP contribution is -2.56. The highest BCUT2D eigenvalue weighted by Gasteiger charge is 2.30. The highest BCUT2D eigenvalue weighted by molar-refractivity contribution is 5.94. The molecule has 0 aromatic heterocycles. The Morgan fingerprint density at radius 3 is 2.23 bits per heavy atom. The topological polar surface area (TPSA) is 200 Å². The highest BCUT2D eigenvalue weighted by Crippen LogP contribution is 2.06. The van der Waals surface area contributed by atoms with Crippen LogP contribution in [0.1, 0.15) is 51.9 Å². The predicted molar refractivity (Wildman–Crippen MR) is 110 cm³/mol. The minimum absolute atomic E-state index is 0.152. The first-order chi connectivity index (χ1) is 14.6. The largest absolute Gasteiger partial charge is 0.481 e. The number of hydrogen-bond acceptors (Lipinski definition) is 7. The monoisotopic (exact) mass is 443 g/mol. The van der Waals surface area contributed by atoms with Crippen molar-refractivity contribution in [2.75, 3.05) is 13.1 Å². The van der Waals surface area contributed by atoms with Gasteiger partial charge in [0.1, 0.15) is 18.1 Å². The fourth-order valence-corrected chi connectivity index (χ4v) is 3.14. The number of nitrogens with one attached hydrogen (secondary N) is 4. The maximum Gasteiger partial charge on any atom is 0.326 e. The van der Waals surface area contributed by atoms with Crippen LogP contribution in [0.3, 0.4) is 0 Å². The van der Waals surface area contributed by atoms with Crippen molar-refractivity contribution in [3.05, 3.63) is 0 Å². The van der Waals surface area contributed by atoms with Crippen LogP contribution in [0.4, 0.5) is 0 Å². The summed E-state index contributed by atoms with van der Waals surface area (Å²) in [6.07, 6.45) is 2.10. The van der Waals surface area contributed by atoms with E-state index >= 15 is 0 Å². The first-order valence-electron chi connectivity index (χ1n) is 10.4. The molecule has 1 saturated heterocycles. The van der Waals surface area contributed by atoms with E-state index in [1.807, 2.05) is 0 Å². The lowest BCUT2D eigenvalue weighted by molar-refractivity contribution is -0.143. The van der Waals surface area contributed by atoms with Crippen molar-refractivity contribution in [1.82, 2.24) is 21.3 Å². The van der Waals surface area contributed by atoms with Crippen LogP contribution in [0.15, 0.2) is 0 Å². The summed E-state index contributed by atoms with van der Waals surface area (Å²) < 4.78 is 0. The lowest BCUT2D eigenvalue weighted by Gasteiger charge is -2.23. The molecule has 31 heavy (non-hydrogen) atoms. The quantitative estimate of drug-likeness (QED) is 0.153. The Bertz CT molecular complexity index is 652. The zero-order valence-electron chi connectivity index (χ0n) is 17.7. The molecular formula is C19H33N5O7. The molecule has 1 aliphatic rings. The first kappa shape index (κ1) is 26.3. The Kier molecular flexibility index (Phi) is 11.5. The molecule has 176 valence electrons. The number of nitrogens with two attached hydrogens (primary N) is 1. The molecule has 0 aliphatic carbocycles. The number of amides is 3. The lowest BCUT2D eigenvalue weighted by atomic mass is 10.1. The number of carboxylic acid groups (broad SMARTS) is 2. The van der Waals surface area contributed by atoms with Crippen LogP contribution in [0.25, 0.3) is 0 Å². The van der Waals surface area contributed by atoms with E-state index in [1.54, 1.807) is 0 Å². The summed E-state index contributed by atoms with van der Waals surface area (Å²) in [7, 11) is 0. The summed E-state index contributed by atoms with van der Waals surface area (Å²) in [6, 6.07) is -3.79. The Morgan fingerprint density at radius 1 is 1.00 bits per heavy atom. The molecular weight excluding hydrogens is 410 g/mol. The van der Waals surface area contributed by atoms with E-state index in [0.29, 0.717) is 32.4 Å². The van der Waals surface area contributed by atoms with E-state index in [0.717, 1.165) is 6.42 Å². The third-order valence-electron chi connectivity index (χ3n) is 4.97. The molecule has 1 rings (SSSR count). The van der Waals surface area contributed by atoms with Gasteiger partial charge in [0.25, 0.3) is 0 Å². The van der Waals surface area contributed by atoms with Gasteiger partial charge in [-0.2, -0.15) is 0 Å². The second-order valence-corrected chi connectivity index (χ2v) is 7.56. The summed E-state index contributed by atoms with van der Waals surface area (Å²) in [5.74, 6) is -4.22. The standard InChI is InChI=1S/C19H33N5O7/c1-11(22-17(28)12-6-4-10-21-12)16(27)23-13(7-8-15(25)26)18(29)24-14(19(30)31)5-2-3-9-20/h11-14,21H,2-10,20H2,1H3,(H,22,28)(H,23,27)(H,24,29)(H,25,26)(H,30,31). The molecule has 0 radical (unpaired) electrons. The summed E-state index contributed by atoms with van der Waals surface area (Å²) in [6.45, 7) is 2.55. The van der Waals surface area contributed by atoms with Gasteiger partial charge in [-0.1, -0.05) is 0 Å². The minimum atomic E-state index is -1.26. The third-order valence-corrected chi connectivity index (χ3v) is 4.97. The maximum absolute atomic E-state index is 12.6. The van der Waals surface area contributed by atoms with Gasteiger partial charge in [-0.3, -0.25) is 19.2 Å². The zero-order chi connectivity index (χ0) is 23.4. The summed E-state index contributed by atoms with van der Waals surface area (Å²) in [5, 5.41) is 28.6. The van der Waals surface area contributed by atoms with Crippen LogP contribution in [0.2, 0.25) is 0 Å². The van der Waals surface area contributed by atoms with Crippen molar-refractivity contribution in [3.8, 4) is 0 Å². The number of rotatable bonds is 14. The fourth-order valence-electron chi connectivity index (χ4n) is 3.14. The van der Waals surface area contributed by atoms with Crippen LogP contribution in [-0.4, -0.2) is 77.1 Å². The van der Waals surface area contributed by atoms with Crippen LogP contribution < -0.4 is 27.0 Å². The molecule has 0 bridgehead atoms. The van der Waals surface area contributed by atoms with Crippen molar-refractivity contribution in [2.45, 2.75) is 76.0 Å². The van der Waals surface area contributed by atoms with Crippen molar-refractivity contribution >= 4 is 29.7 Å². The molecule has 8 N–H and O–H groups in total. The zero-order valence-corrected chi connectivity index (χ0v) is 17.7. The molecule has 12 heteroatoms.